The predicted molar refractivity (Wildman–Crippen MR) is 74.5 cm³/mol. The summed E-state index contributed by atoms with van der Waals surface area (Å²) in [4.78, 5) is 0. The maximum absolute atomic E-state index is 14.0. The Morgan fingerprint density at radius 1 is 1.11 bits per heavy atom. The van der Waals surface area contributed by atoms with Gasteiger partial charge >= 0.3 is 0 Å². The summed E-state index contributed by atoms with van der Waals surface area (Å²) in [5.41, 5.74) is 8.82. The van der Waals surface area contributed by atoms with Crippen LogP contribution < -0.4 is 5.73 Å². The van der Waals surface area contributed by atoms with Crippen molar-refractivity contribution in [3.8, 4) is 11.1 Å². The largest absolute Gasteiger partial charge is 0.327 e. The Morgan fingerprint density at radius 2 is 1.83 bits per heavy atom. The van der Waals surface area contributed by atoms with Crippen LogP contribution in [0.3, 0.4) is 0 Å². The Morgan fingerprint density at radius 3 is 2.44 bits per heavy atom. The van der Waals surface area contributed by atoms with E-state index in [4.69, 9.17) is 5.73 Å². The van der Waals surface area contributed by atoms with Crippen LogP contribution in [0, 0.1) is 5.82 Å². The number of benzene rings is 2. The van der Waals surface area contributed by atoms with Crippen molar-refractivity contribution in [2.75, 3.05) is 6.54 Å². The minimum absolute atomic E-state index is 0.210. The van der Waals surface area contributed by atoms with Crippen LogP contribution >= 0.6 is 0 Å². The van der Waals surface area contributed by atoms with Crippen LogP contribution in [0.2, 0.25) is 0 Å². The molecule has 92 valence electrons. The number of nitrogens with two attached hydrogens (primary N) is 1. The highest BCUT2D eigenvalue weighted by Gasteiger charge is 2.06. The molecule has 0 radical (unpaired) electrons. The Balaban J connectivity index is 2.40. The Labute approximate surface area is 107 Å². The van der Waals surface area contributed by atoms with Gasteiger partial charge in [-0.15, -0.1) is 0 Å². The molecule has 0 amide bonds. The summed E-state index contributed by atoms with van der Waals surface area (Å²) in [6.07, 6.45) is 1.82. The lowest BCUT2D eigenvalue weighted by atomic mass is 10.0. The highest BCUT2D eigenvalue weighted by atomic mass is 19.1. The van der Waals surface area contributed by atoms with E-state index in [1.807, 2.05) is 49.4 Å². The average molecular weight is 241 g/mol. The fraction of sp³-hybridized carbons (Fsp3) is 0.125. The zero-order valence-corrected chi connectivity index (χ0v) is 10.4. The monoisotopic (exact) mass is 241 g/mol. The summed E-state index contributed by atoms with van der Waals surface area (Å²) in [7, 11) is 0. The van der Waals surface area contributed by atoms with E-state index in [-0.39, 0.29) is 5.82 Å². The molecule has 0 saturated carbocycles. The first-order chi connectivity index (χ1) is 8.72. The molecule has 2 N–H and O–H groups in total. The van der Waals surface area contributed by atoms with E-state index in [1.54, 1.807) is 12.1 Å². The fourth-order valence-electron chi connectivity index (χ4n) is 1.93. The SMILES string of the molecule is CC(=CCN)c1ccc(-c2ccccc2)cc1F. The van der Waals surface area contributed by atoms with E-state index < -0.39 is 0 Å². The third kappa shape index (κ3) is 2.66. The van der Waals surface area contributed by atoms with Crippen LogP contribution in [0.4, 0.5) is 4.39 Å². The van der Waals surface area contributed by atoms with Gasteiger partial charge in [-0.05, 0) is 29.7 Å². The normalized spacial score (nSPS) is 11.6. The van der Waals surface area contributed by atoms with Gasteiger partial charge in [0.05, 0.1) is 0 Å². The molecule has 0 atom stereocenters. The molecule has 0 aliphatic rings. The second-order valence-corrected chi connectivity index (χ2v) is 4.18. The lowest BCUT2D eigenvalue weighted by Crippen LogP contribution is -1.96. The molecule has 2 aromatic rings. The number of halogens is 1. The van der Waals surface area contributed by atoms with Crippen LogP contribution in [-0.2, 0) is 0 Å². The maximum Gasteiger partial charge on any atom is 0.131 e. The molecular formula is C16H16FN. The first kappa shape index (κ1) is 12.5. The smallest absolute Gasteiger partial charge is 0.131 e. The number of rotatable bonds is 3. The van der Waals surface area contributed by atoms with Gasteiger partial charge in [-0.25, -0.2) is 4.39 Å². The van der Waals surface area contributed by atoms with E-state index in [1.165, 1.54) is 0 Å². The molecule has 0 aliphatic heterocycles. The molecule has 0 fully saturated rings. The molecule has 0 bridgehead atoms. The zero-order chi connectivity index (χ0) is 13.0. The minimum atomic E-state index is -0.210. The summed E-state index contributed by atoms with van der Waals surface area (Å²) in [6, 6.07) is 15.1. The van der Waals surface area contributed by atoms with Gasteiger partial charge in [0.15, 0.2) is 0 Å². The molecule has 0 aromatic heterocycles. The van der Waals surface area contributed by atoms with Gasteiger partial charge in [0, 0.05) is 12.1 Å². The topological polar surface area (TPSA) is 26.0 Å². The lowest BCUT2D eigenvalue weighted by Gasteiger charge is -2.07. The Hall–Kier alpha value is -1.93. The van der Waals surface area contributed by atoms with Crippen LogP contribution in [0.1, 0.15) is 12.5 Å². The van der Waals surface area contributed by atoms with Gasteiger partial charge in [-0.1, -0.05) is 48.5 Å². The van der Waals surface area contributed by atoms with Crippen LogP contribution in [0.25, 0.3) is 16.7 Å². The Kier molecular flexibility index (Phi) is 3.90. The molecule has 0 aliphatic carbocycles. The van der Waals surface area contributed by atoms with Crippen LogP contribution in [0.5, 0.6) is 0 Å². The van der Waals surface area contributed by atoms with Gasteiger partial charge in [-0.2, -0.15) is 0 Å². The van der Waals surface area contributed by atoms with Gasteiger partial charge in [-0.3, -0.25) is 0 Å². The van der Waals surface area contributed by atoms with E-state index in [9.17, 15) is 4.39 Å². The lowest BCUT2D eigenvalue weighted by molar-refractivity contribution is 0.624. The molecule has 2 heteroatoms. The molecule has 2 rings (SSSR count). The highest BCUT2D eigenvalue weighted by molar-refractivity contribution is 5.70. The molecule has 0 spiro atoms. The standard InChI is InChI=1S/C16H16FN/c1-12(9-10-18)15-8-7-14(11-16(15)17)13-5-3-2-4-6-13/h2-9,11H,10,18H2,1H3. The van der Waals surface area contributed by atoms with E-state index in [0.717, 1.165) is 16.7 Å². The highest BCUT2D eigenvalue weighted by Crippen LogP contribution is 2.24. The van der Waals surface area contributed by atoms with E-state index >= 15 is 0 Å². The first-order valence-corrected chi connectivity index (χ1v) is 5.94. The summed E-state index contributed by atoms with van der Waals surface area (Å²) in [6.45, 7) is 2.29. The molecule has 0 unspecified atom stereocenters. The first-order valence-electron chi connectivity index (χ1n) is 5.94. The van der Waals surface area contributed by atoms with Crippen molar-refractivity contribution in [1.82, 2.24) is 0 Å². The summed E-state index contributed by atoms with van der Waals surface area (Å²) in [5, 5.41) is 0. The van der Waals surface area contributed by atoms with Crippen molar-refractivity contribution in [2.45, 2.75) is 6.92 Å². The third-order valence-corrected chi connectivity index (χ3v) is 2.93. The van der Waals surface area contributed by atoms with Crippen molar-refractivity contribution in [2.24, 2.45) is 5.73 Å². The maximum atomic E-state index is 14.0. The van der Waals surface area contributed by atoms with Gasteiger partial charge in [0.25, 0.3) is 0 Å². The van der Waals surface area contributed by atoms with Gasteiger partial charge in [0.1, 0.15) is 5.82 Å². The second kappa shape index (κ2) is 5.61. The molecule has 2 aromatic carbocycles. The van der Waals surface area contributed by atoms with Gasteiger partial charge in [0.2, 0.25) is 0 Å². The summed E-state index contributed by atoms with van der Waals surface area (Å²) >= 11 is 0. The van der Waals surface area contributed by atoms with Crippen molar-refractivity contribution in [3.63, 3.8) is 0 Å². The van der Waals surface area contributed by atoms with Crippen molar-refractivity contribution < 1.29 is 4.39 Å². The average Bonchev–Trinajstić information content (AvgIpc) is 2.40. The second-order valence-electron chi connectivity index (χ2n) is 4.18. The summed E-state index contributed by atoms with van der Waals surface area (Å²) < 4.78 is 14.0. The zero-order valence-electron chi connectivity index (χ0n) is 10.4. The van der Waals surface area contributed by atoms with Gasteiger partial charge < -0.3 is 5.73 Å². The minimum Gasteiger partial charge on any atom is -0.327 e. The fourth-order valence-corrected chi connectivity index (χ4v) is 1.93. The van der Waals surface area contributed by atoms with Crippen molar-refractivity contribution >= 4 is 5.57 Å². The molecule has 0 saturated heterocycles. The number of hydrogen-bond acceptors (Lipinski definition) is 1. The van der Waals surface area contributed by atoms with Crippen molar-refractivity contribution in [3.05, 3.63) is 66.0 Å². The van der Waals surface area contributed by atoms with Crippen LogP contribution in [0.15, 0.2) is 54.6 Å². The molecule has 0 heterocycles. The Bertz CT molecular complexity index is 559. The number of allylic oxidation sites excluding steroid dienone is 1. The summed E-state index contributed by atoms with van der Waals surface area (Å²) in [5.74, 6) is -0.210. The quantitative estimate of drug-likeness (QED) is 0.867. The molecule has 1 nitrogen and oxygen atoms in total. The molecular weight excluding hydrogens is 225 g/mol. The van der Waals surface area contributed by atoms with Crippen LogP contribution in [-0.4, -0.2) is 6.54 Å². The molecule has 18 heavy (non-hydrogen) atoms. The van der Waals surface area contributed by atoms with E-state index in [0.29, 0.717) is 12.1 Å². The third-order valence-electron chi connectivity index (χ3n) is 2.93. The van der Waals surface area contributed by atoms with E-state index in [2.05, 4.69) is 0 Å². The van der Waals surface area contributed by atoms with Crippen molar-refractivity contribution in [1.29, 1.82) is 0 Å². The predicted octanol–water partition coefficient (Wildman–Crippen LogP) is 3.85. The number of hydrogen-bond donors (Lipinski definition) is 1.